The lowest BCUT2D eigenvalue weighted by Crippen LogP contribution is -2.07. The Balaban J connectivity index is 2.10. The number of nitrogens with zero attached hydrogens (tertiary/aromatic N) is 3. The van der Waals surface area contributed by atoms with E-state index in [9.17, 15) is 0 Å². The van der Waals surface area contributed by atoms with Gasteiger partial charge in [0.1, 0.15) is 0 Å². The molecular formula is C14H12ClN3. The zero-order valence-corrected chi connectivity index (χ0v) is 10.6. The van der Waals surface area contributed by atoms with Crippen LogP contribution in [-0.2, 0) is 12.8 Å². The van der Waals surface area contributed by atoms with Crippen molar-refractivity contribution in [2.24, 2.45) is 0 Å². The molecule has 3 rings (SSSR count). The van der Waals surface area contributed by atoms with Crippen LogP contribution in [0, 0.1) is 11.3 Å². The van der Waals surface area contributed by atoms with Crippen molar-refractivity contribution in [3.8, 4) is 11.8 Å². The number of fused-ring (bicyclic) bond motifs is 1. The normalized spacial score (nSPS) is 14.0. The fourth-order valence-electron chi connectivity index (χ4n) is 2.45. The first-order valence-electron chi connectivity index (χ1n) is 6.04. The Hall–Kier alpha value is -1.79. The van der Waals surface area contributed by atoms with Crippen molar-refractivity contribution in [1.82, 2.24) is 9.55 Å². The number of hydrogen-bond acceptors (Lipinski definition) is 2. The van der Waals surface area contributed by atoms with Crippen LogP contribution >= 0.6 is 11.6 Å². The first-order valence-corrected chi connectivity index (χ1v) is 6.42. The number of nitriles is 1. The summed E-state index contributed by atoms with van der Waals surface area (Å²) < 4.78 is 2.05. The highest BCUT2D eigenvalue weighted by Crippen LogP contribution is 2.27. The van der Waals surface area contributed by atoms with Crippen molar-refractivity contribution in [3.63, 3.8) is 0 Å². The quantitative estimate of drug-likeness (QED) is 0.787. The van der Waals surface area contributed by atoms with Crippen molar-refractivity contribution in [2.75, 3.05) is 0 Å². The second kappa shape index (κ2) is 4.47. The number of imidazole rings is 1. The molecule has 90 valence electrons. The number of aromatic nitrogens is 2. The maximum Gasteiger partial charge on any atom is 0.0998 e. The van der Waals surface area contributed by atoms with E-state index in [4.69, 9.17) is 16.9 Å². The van der Waals surface area contributed by atoms with Gasteiger partial charge in [0.2, 0.25) is 0 Å². The van der Waals surface area contributed by atoms with Crippen LogP contribution in [-0.4, -0.2) is 9.55 Å². The molecule has 0 unspecified atom stereocenters. The minimum atomic E-state index is 0.581. The molecule has 0 N–H and O–H groups in total. The van der Waals surface area contributed by atoms with Crippen molar-refractivity contribution >= 4 is 11.6 Å². The fraction of sp³-hybridized carbons (Fsp3) is 0.286. The van der Waals surface area contributed by atoms with Gasteiger partial charge in [-0.2, -0.15) is 5.26 Å². The summed E-state index contributed by atoms with van der Waals surface area (Å²) >= 11 is 6.24. The first kappa shape index (κ1) is 11.3. The zero-order chi connectivity index (χ0) is 12.5. The van der Waals surface area contributed by atoms with E-state index in [0.29, 0.717) is 10.6 Å². The molecule has 18 heavy (non-hydrogen) atoms. The van der Waals surface area contributed by atoms with Crippen molar-refractivity contribution < 1.29 is 0 Å². The SMILES string of the molecule is N#Cc1ccc(-n2cnc3c2CCCC3)c(Cl)c1. The molecule has 0 aliphatic heterocycles. The van der Waals surface area contributed by atoms with E-state index in [1.807, 2.05) is 12.4 Å². The van der Waals surface area contributed by atoms with E-state index in [1.54, 1.807) is 12.1 Å². The molecule has 3 nitrogen and oxygen atoms in total. The van der Waals surface area contributed by atoms with E-state index in [2.05, 4.69) is 15.6 Å². The van der Waals surface area contributed by atoms with Crippen molar-refractivity contribution in [3.05, 3.63) is 46.5 Å². The smallest absolute Gasteiger partial charge is 0.0998 e. The van der Waals surface area contributed by atoms with Gasteiger partial charge in [0.25, 0.3) is 0 Å². The summed E-state index contributed by atoms with van der Waals surface area (Å²) in [6.07, 6.45) is 6.35. The van der Waals surface area contributed by atoms with E-state index >= 15 is 0 Å². The summed E-state index contributed by atoms with van der Waals surface area (Å²) in [6, 6.07) is 7.47. The summed E-state index contributed by atoms with van der Waals surface area (Å²) in [5, 5.41) is 9.44. The Morgan fingerprint density at radius 3 is 2.89 bits per heavy atom. The van der Waals surface area contributed by atoms with Gasteiger partial charge in [0.15, 0.2) is 0 Å². The van der Waals surface area contributed by atoms with Gasteiger partial charge in [-0.1, -0.05) is 11.6 Å². The molecule has 0 amide bonds. The first-order chi connectivity index (χ1) is 8.79. The Kier molecular flexibility index (Phi) is 2.81. The Morgan fingerprint density at radius 2 is 2.11 bits per heavy atom. The molecule has 1 aromatic heterocycles. The van der Waals surface area contributed by atoms with Crippen LogP contribution < -0.4 is 0 Å². The van der Waals surface area contributed by atoms with Gasteiger partial charge in [0, 0.05) is 5.69 Å². The minimum Gasteiger partial charge on any atom is -0.301 e. The second-order valence-corrected chi connectivity index (χ2v) is 4.90. The highest BCUT2D eigenvalue weighted by molar-refractivity contribution is 6.32. The highest BCUT2D eigenvalue weighted by Gasteiger charge is 2.17. The fourth-order valence-corrected chi connectivity index (χ4v) is 2.72. The monoisotopic (exact) mass is 257 g/mol. The molecule has 0 bridgehead atoms. The average molecular weight is 258 g/mol. The standard InChI is InChI=1S/C14H12ClN3/c15-11-7-10(8-16)5-6-13(11)18-9-17-12-3-1-2-4-14(12)18/h5-7,9H,1-4H2. The number of halogens is 1. The molecular weight excluding hydrogens is 246 g/mol. The molecule has 0 saturated carbocycles. The van der Waals surface area contributed by atoms with Crippen molar-refractivity contribution in [2.45, 2.75) is 25.7 Å². The maximum absolute atomic E-state index is 8.85. The highest BCUT2D eigenvalue weighted by atomic mass is 35.5. The number of hydrogen-bond donors (Lipinski definition) is 0. The molecule has 0 saturated heterocycles. The summed E-state index contributed by atoms with van der Waals surface area (Å²) in [7, 11) is 0. The molecule has 4 heteroatoms. The van der Waals surface area contributed by atoms with Crippen LogP contribution in [0.5, 0.6) is 0 Å². The van der Waals surface area contributed by atoms with Crippen LogP contribution in [0.25, 0.3) is 5.69 Å². The van der Waals surface area contributed by atoms with E-state index in [0.717, 1.165) is 18.5 Å². The van der Waals surface area contributed by atoms with Gasteiger partial charge in [-0.3, -0.25) is 0 Å². The molecule has 0 fully saturated rings. The maximum atomic E-state index is 8.85. The summed E-state index contributed by atoms with van der Waals surface area (Å²) in [5.74, 6) is 0. The number of benzene rings is 1. The van der Waals surface area contributed by atoms with Crippen molar-refractivity contribution in [1.29, 1.82) is 5.26 Å². The number of aryl methyl sites for hydroxylation is 1. The second-order valence-electron chi connectivity index (χ2n) is 4.49. The predicted octanol–water partition coefficient (Wildman–Crippen LogP) is 3.28. The van der Waals surface area contributed by atoms with Crippen LogP contribution in [0.1, 0.15) is 29.8 Å². The Bertz CT molecular complexity index is 637. The molecule has 0 spiro atoms. The lowest BCUT2D eigenvalue weighted by Gasteiger charge is -2.14. The van der Waals surface area contributed by atoms with Gasteiger partial charge >= 0.3 is 0 Å². The van der Waals surface area contributed by atoms with E-state index < -0.39 is 0 Å². The molecule has 0 radical (unpaired) electrons. The topological polar surface area (TPSA) is 41.6 Å². The van der Waals surface area contributed by atoms with Crippen LogP contribution in [0.4, 0.5) is 0 Å². The Morgan fingerprint density at radius 1 is 1.28 bits per heavy atom. The number of rotatable bonds is 1. The van der Waals surface area contributed by atoms with Gasteiger partial charge in [-0.25, -0.2) is 4.98 Å². The van der Waals surface area contributed by atoms with Gasteiger partial charge < -0.3 is 4.57 Å². The lowest BCUT2D eigenvalue weighted by molar-refractivity contribution is 0.656. The largest absolute Gasteiger partial charge is 0.301 e. The third-order valence-corrected chi connectivity index (χ3v) is 3.67. The molecule has 1 aliphatic rings. The average Bonchev–Trinajstić information content (AvgIpc) is 2.82. The van der Waals surface area contributed by atoms with Gasteiger partial charge in [-0.15, -0.1) is 0 Å². The van der Waals surface area contributed by atoms with E-state index in [-0.39, 0.29) is 0 Å². The lowest BCUT2D eigenvalue weighted by atomic mass is 10.0. The van der Waals surface area contributed by atoms with Crippen LogP contribution in [0.3, 0.4) is 0 Å². The molecule has 2 aromatic rings. The van der Waals surface area contributed by atoms with Gasteiger partial charge in [0.05, 0.1) is 34.4 Å². The Labute approximate surface area is 111 Å². The predicted molar refractivity (Wildman–Crippen MR) is 69.9 cm³/mol. The summed E-state index contributed by atoms with van der Waals surface area (Å²) in [4.78, 5) is 4.46. The molecule has 0 atom stereocenters. The third kappa shape index (κ3) is 1.79. The molecule has 1 aromatic carbocycles. The molecule has 1 heterocycles. The minimum absolute atomic E-state index is 0.581. The molecule has 1 aliphatic carbocycles. The summed E-state index contributed by atoms with van der Waals surface area (Å²) in [5.41, 5.74) is 3.93. The van der Waals surface area contributed by atoms with Crippen LogP contribution in [0.2, 0.25) is 5.02 Å². The van der Waals surface area contributed by atoms with E-state index in [1.165, 1.54) is 24.2 Å². The summed E-state index contributed by atoms with van der Waals surface area (Å²) in [6.45, 7) is 0. The van der Waals surface area contributed by atoms with Gasteiger partial charge in [-0.05, 0) is 43.9 Å². The zero-order valence-electron chi connectivity index (χ0n) is 9.86. The van der Waals surface area contributed by atoms with Crippen LogP contribution in [0.15, 0.2) is 24.5 Å². The third-order valence-electron chi connectivity index (χ3n) is 3.37.